The van der Waals surface area contributed by atoms with Crippen LogP contribution in [0.4, 0.5) is 10.1 Å². The molecule has 0 saturated carbocycles. The monoisotopic (exact) mass is 210 g/mol. The molecule has 0 bridgehead atoms. The van der Waals surface area contributed by atoms with Crippen molar-refractivity contribution in [3.05, 3.63) is 29.6 Å². The Labute approximate surface area is 91.0 Å². The number of rotatable bonds is 3. The molecule has 15 heavy (non-hydrogen) atoms. The molecule has 1 aromatic carbocycles. The molecular formula is C12H19FN2. The number of hydrogen-bond donors (Lipinski definition) is 2. The highest BCUT2D eigenvalue weighted by molar-refractivity contribution is 6.01. The van der Waals surface area contributed by atoms with Gasteiger partial charge in [0.1, 0.15) is 5.82 Å². The maximum absolute atomic E-state index is 13.2. The van der Waals surface area contributed by atoms with Crippen LogP contribution in [0, 0.1) is 11.2 Å². The second-order valence-electron chi connectivity index (χ2n) is 2.82. The normalized spacial score (nSPS) is 8.87. The molecule has 0 fully saturated rings. The second kappa shape index (κ2) is 6.98. The van der Waals surface area contributed by atoms with Crippen LogP contribution in [-0.4, -0.2) is 12.3 Å². The van der Waals surface area contributed by atoms with Crippen molar-refractivity contribution < 1.29 is 4.39 Å². The molecule has 0 spiro atoms. The van der Waals surface area contributed by atoms with E-state index in [1.165, 1.54) is 6.07 Å². The fraction of sp³-hybridized carbons (Fsp3) is 0.417. The van der Waals surface area contributed by atoms with Crippen LogP contribution < -0.4 is 5.32 Å². The highest BCUT2D eigenvalue weighted by Gasteiger charge is 2.07. The lowest BCUT2D eigenvalue weighted by molar-refractivity contribution is 0.630. The van der Waals surface area contributed by atoms with Gasteiger partial charge < -0.3 is 10.7 Å². The van der Waals surface area contributed by atoms with Gasteiger partial charge in [0.15, 0.2) is 0 Å². The van der Waals surface area contributed by atoms with Crippen LogP contribution in [-0.2, 0) is 0 Å². The van der Waals surface area contributed by atoms with E-state index in [4.69, 9.17) is 5.41 Å². The molecule has 1 aromatic rings. The van der Waals surface area contributed by atoms with Crippen molar-refractivity contribution in [2.75, 3.05) is 11.9 Å². The highest BCUT2D eigenvalue weighted by Crippen LogP contribution is 2.19. The average molecular weight is 210 g/mol. The van der Waals surface area contributed by atoms with E-state index < -0.39 is 0 Å². The Kier molecular flexibility index (Phi) is 6.34. The number of benzene rings is 1. The molecular weight excluding hydrogens is 191 g/mol. The Balaban J connectivity index is 0.000000921. The smallest absolute Gasteiger partial charge is 0.146 e. The molecule has 84 valence electrons. The third kappa shape index (κ3) is 3.70. The summed E-state index contributed by atoms with van der Waals surface area (Å²) in [6.07, 6.45) is 0. The van der Waals surface area contributed by atoms with Crippen LogP contribution in [0.2, 0.25) is 0 Å². The van der Waals surface area contributed by atoms with Gasteiger partial charge in [-0.05, 0) is 19.9 Å². The molecule has 0 unspecified atom stereocenters. The van der Waals surface area contributed by atoms with Crippen molar-refractivity contribution in [3.63, 3.8) is 0 Å². The molecule has 0 radical (unpaired) electrons. The van der Waals surface area contributed by atoms with Gasteiger partial charge in [-0.2, -0.15) is 0 Å². The van der Waals surface area contributed by atoms with Gasteiger partial charge in [-0.3, -0.25) is 0 Å². The standard InChI is InChI=1S/C10H13FN2.C2H6/c1-3-13-10-8(7(2)12)5-4-6-9(10)11;1-2/h4-6,12-13H,3H2,1-2H3;1-2H3. The molecule has 0 aromatic heterocycles. The predicted octanol–water partition coefficient (Wildman–Crippen LogP) is 3.67. The van der Waals surface area contributed by atoms with Gasteiger partial charge in [0.25, 0.3) is 0 Å². The van der Waals surface area contributed by atoms with Crippen molar-refractivity contribution in [2.45, 2.75) is 27.7 Å². The summed E-state index contributed by atoms with van der Waals surface area (Å²) in [5, 5.41) is 10.4. The predicted molar refractivity (Wildman–Crippen MR) is 64.4 cm³/mol. The quantitative estimate of drug-likeness (QED) is 0.734. The van der Waals surface area contributed by atoms with Crippen LogP contribution in [0.15, 0.2) is 18.2 Å². The zero-order chi connectivity index (χ0) is 11.8. The maximum atomic E-state index is 13.2. The molecule has 0 saturated heterocycles. The van der Waals surface area contributed by atoms with Gasteiger partial charge in [-0.25, -0.2) is 4.39 Å². The summed E-state index contributed by atoms with van der Waals surface area (Å²) >= 11 is 0. The zero-order valence-corrected chi connectivity index (χ0v) is 9.82. The van der Waals surface area contributed by atoms with E-state index in [-0.39, 0.29) is 5.82 Å². The Bertz CT molecular complexity index is 321. The Hall–Kier alpha value is -1.38. The number of para-hydroxylation sites is 1. The largest absolute Gasteiger partial charge is 0.382 e. The van der Waals surface area contributed by atoms with Crippen LogP contribution in [0.5, 0.6) is 0 Å². The number of hydrogen-bond acceptors (Lipinski definition) is 2. The van der Waals surface area contributed by atoms with Crippen LogP contribution in [0.3, 0.4) is 0 Å². The Morgan fingerprint density at radius 3 is 2.47 bits per heavy atom. The summed E-state index contributed by atoms with van der Waals surface area (Å²) < 4.78 is 13.2. The van der Waals surface area contributed by atoms with E-state index in [0.29, 0.717) is 23.5 Å². The van der Waals surface area contributed by atoms with Crippen molar-refractivity contribution >= 4 is 11.4 Å². The van der Waals surface area contributed by atoms with Gasteiger partial charge in [0.2, 0.25) is 0 Å². The van der Waals surface area contributed by atoms with Crippen molar-refractivity contribution in [3.8, 4) is 0 Å². The van der Waals surface area contributed by atoms with Crippen LogP contribution >= 0.6 is 0 Å². The fourth-order valence-electron chi connectivity index (χ4n) is 1.19. The summed E-state index contributed by atoms with van der Waals surface area (Å²) in [5.74, 6) is -0.300. The zero-order valence-electron chi connectivity index (χ0n) is 9.82. The number of halogens is 1. The highest BCUT2D eigenvalue weighted by atomic mass is 19.1. The first-order valence-electron chi connectivity index (χ1n) is 5.24. The Morgan fingerprint density at radius 1 is 1.40 bits per heavy atom. The third-order valence-corrected chi connectivity index (χ3v) is 1.77. The number of anilines is 1. The minimum absolute atomic E-state index is 0.300. The average Bonchev–Trinajstić information content (AvgIpc) is 2.24. The molecule has 0 heterocycles. The first-order valence-corrected chi connectivity index (χ1v) is 5.24. The minimum atomic E-state index is -0.300. The molecule has 1 rings (SSSR count). The van der Waals surface area contributed by atoms with Gasteiger partial charge in [0.05, 0.1) is 5.69 Å². The lowest BCUT2D eigenvalue weighted by Gasteiger charge is -2.10. The number of nitrogens with one attached hydrogen (secondary N) is 2. The van der Waals surface area contributed by atoms with E-state index in [0.717, 1.165) is 0 Å². The van der Waals surface area contributed by atoms with E-state index >= 15 is 0 Å². The first kappa shape index (κ1) is 13.6. The summed E-state index contributed by atoms with van der Waals surface area (Å²) in [6.45, 7) is 8.20. The molecule has 0 aliphatic carbocycles. The van der Waals surface area contributed by atoms with Crippen molar-refractivity contribution in [1.29, 1.82) is 5.41 Å². The lowest BCUT2D eigenvalue weighted by Crippen LogP contribution is -2.06. The molecule has 0 aliphatic heterocycles. The van der Waals surface area contributed by atoms with E-state index in [2.05, 4.69) is 5.32 Å². The molecule has 0 aliphatic rings. The van der Waals surface area contributed by atoms with Gasteiger partial charge in [-0.1, -0.05) is 26.0 Å². The van der Waals surface area contributed by atoms with Gasteiger partial charge in [-0.15, -0.1) is 0 Å². The Morgan fingerprint density at radius 2 is 2.00 bits per heavy atom. The second-order valence-corrected chi connectivity index (χ2v) is 2.82. The third-order valence-electron chi connectivity index (χ3n) is 1.77. The van der Waals surface area contributed by atoms with E-state index in [9.17, 15) is 4.39 Å². The van der Waals surface area contributed by atoms with E-state index in [1.807, 2.05) is 20.8 Å². The first-order chi connectivity index (χ1) is 7.16. The molecule has 0 amide bonds. The summed E-state index contributed by atoms with van der Waals surface area (Å²) in [4.78, 5) is 0. The molecule has 2 nitrogen and oxygen atoms in total. The minimum Gasteiger partial charge on any atom is -0.382 e. The summed E-state index contributed by atoms with van der Waals surface area (Å²) in [7, 11) is 0. The maximum Gasteiger partial charge on any atom is 0.146 e. The van der Waals surface area contributed by atoms with Crippen LogP contribution in [0.1, 0.15) is 33.3 Å². The molecule has 0 atom stereocenters. The van der Waals surface area contributed by atoms with Gasteiger partial charge >= 0.3 is 0 Å². The molecule has 2 N–H and O–H groups in total. The van der Waals surface area contributed by atoms with E-state index in [1.54, 1.807) is 19.1 Å². The lowest BCUT2D eigenvalue weighted by atomic mass is 10.1. The van der Waals surface area contributed by atoms with Crippen molar-refractivity contribution in [2.24, 2.45) is 0 Å². The van der Waals surface area contributed by atoms with Crippen molar-refractivity contribution in [1.82, 2.24) is 0 Å². The fourth-order valence-corrected chi connectivity index (χ4v) is 1.19. The summed E-state index contributed by atoms with van der Waals surface area (Å²) in [5.41, 5.74) is 1.43. The van der Waals surface area contributed by atoms with Crippen LogP contribution in [0.25, 0.3) is 0 Å². The topological polar surface area (TPSA) is 35.9 Å². The summed E-state index contributed by atoms with van der Waals surface area (Å²) in [6, 6.07) is 4.75. The molecule has 3 heteroatoms. The SMILES string of the molecule is CC.CCNc1c(F)cccc1C(C)=N. The van der Waals surface area contributed by atoms with Gasteiger partial charge in [0, 0.05) is 17.8 Å².